The lowest BCUT2D eigenvalue weighted by molar-refractivity contribution is -0.129. The maximum Gasteiger partial charge on any atom is 0.243 e. The van der Waals surface area contributed by atoms with Gasteiger partial charge in [0.05, 0.1) is 13.1 Å². The smallest absolute Gasteiger partial charge is 0.243 e. The second-order valence-electron chi connectivity index (χ2n) is 7.59. The van der Waals surface area contributed by atoms with Crippen molar-refractivity contribution >= 4 is 29.1 Å². The lowest BCUT2D eigenvalue weighted by Crippen LogP contribution is -2.39. The molecule has 0 bridgehead atoms. The molecule has 0 fully saturated rings. The number of rotatable bonds is 14. The Hall–Kier alpha value is -3.23. The van der Waals surface area contributed by atoms with Crippen LogP contribution in [-0.4, -0.2) is 47.5 Å². The molecule has 2 rings (SSSR count). The first-order chi connectivity index (χ1) is 15.6. The molecule has 0 saturated carbocycles. The summed E-state index contributed by atoms with van der Waals surface area (Å²) in [4.78, 5) is 37.8. The number of hydrogen-bond acceptors (Lipinski definition) is 5. The van der Waals surface area contributed by atoms with Gasteiger partial charge in [-0.05, 0) is 43.7 Å². The number of anilines is 2. The Morgan fingerprint density at radius 1 is 0.656 bits per heavy atom. The third kappa shape index (κ3) is 10.7. The van der Waals surface area contributed by atoms with E-state index in [0.29, 0.717) is 13.0 Å². The highest BCUT2D eigenvalue weighted by Gasteiger charge is 2.15. The van der Waals surface area contributed by atoms with E-state index in [1.807, 2.05) is 65.6 Å². The molecular formula is C24H32N4O4. The van der Waals surface area contributed by atoms with Crippen LogP contribution >= 0.6 is 0 Å². The van der Waals surface area contributed by atoms with E-state index in [2.05, 4.69) is 10.6 Å². The summed E-state index contributed by atoms with van der Waals surface area (Å²) in [6.07, 6.45) is 4.62. The topological polar surface area (TPSA) is 111 Å². The van der Waals surface area contributed by atoms with Crippen LogP contribution in [0.4, 0.5) is 11.4 Å². The van der Waals surface area contributed by atoms with Crippen LogP contribution in [0.25, 0.3) is 0 Å². The quantitative estimate of drug-likeness (QED) is 0.204. The Balaban J connectivity index is 1.80. The standard InChI is InChI=1S/C24H32N4O4/c29-22(27-32)16-10-2-1-3-11-17-28(18-23(30)25-20-12-6-4-7-13-20)19-24(31)26-21-14-8-5-9-15-21/h4-9,12-15,32H,1-3,10-11,16-19H2,(H,25,30)(H,26,31)(H,27,29). The van der Waals surface area contributed by atoms with Gasteiger partial charge in [-0.15, -0.1) is 0 Å². The van der Waals surface area contributed by atoms with Crippen LogP contribution in [0, 0.1) is 0 Å². The van der Waals surface area contributed by atoms with Crippen molar-refractivity contribution in [3.63, 3.8) is 0 Å². The van der Waals surface area contributed by atoms with Crippen LogP contribution < -0.4 is 16.1 Å². The monoisotopic (exact) mass is 440 g/mol. The minimum atomic E-state index is -0.370. The van der Waals surface area contributed by atoms with Gasteiger partial charge in [0.25, 0.3) is 0 Å². The van der Waals surface area contributed by atoms with Crippen molar-refractivity contribution < 1.29 is 19.6 Å². The molecule has 8 heteroatoms. The molecular weight excluding hydrogens is 408 g/mol. The molecule has 0 aliphatic rings. The highest BCUT2D eigenvalue weighted by atomic mass is 16.5. The number of carbonyl (C=O) groups is 3. The molecule has 0 atom stereocenters. The average molecular weight is 441 g/mol. The Labute approximate surface area is 189 Å². The van der Waals surface area contributed by atoms with Crippen LogP contribution in [0.15, 0.2) is 60.7 Å². The second-order valence-corrected chi connectivity index (χ2v) is 7.59. The molecule has 2 aromatic carbocycles. The Kier molecular flexibility index (Phi) is 11.5. The zero-order chi connectivity index (χ0) is 23.0. The third-order valence-electron chi connectivity index (χ3n) is 4.85. The summed E-state index contributed by atoms with van der Waals surface area (Å²) in [5, 5.41) is 14.2. The first-order valence-corrected chi connectivity index (χ1v) is 10.9. The minimum Gasteiger partial charge on any atom is -0.325 e. The van der Waals surface area contributed by atoms with E-state index in [1.54, 1.807) is 5.48 Å². The van der Waals surface area contributed by atoms with E-state index in [1.165, 1.54) is 0 Å². The maximum absolute atomic E-state index is 12.5. The number of unbranched alkanes of at least 4 members (excludes halogenated alkanes) is 4. The lowest BCUT2D eigenvalue weighted by atomic mass is 10.1. The summed E-state index contributed by atoms with van der Waals surface area (Å²) in [6.45, 7) is 0.850. The van der Waals surface area contributed by atoms with Gasteiger partial charge in [0.15, 0.2) is 0 Å². The van der Waals surface area contributed by atoms with Gasteiger partial charge >= 0.3 is 0 Å². The predicted octanol–water partition coefficient (Wildman–Crippen LogP) is 3.41. The number of carbonyl (C=O) groups excluding carboxylic acids is 3. The maximum atomic E-state index is 12.5. The highest BCUT2D eigenvalue weighted by molar-refractivity contribution is 5.94. The van der Waals surface area contributed by atoms with Crippen LogP contribution in [-0.2, 0) is 14.4 Å². The number of hydroxylamine groups is 1. The van der Waals surface area contributed by atoms with Crippen molar-refractivity contribution in [2.45, 2.75) is 38.5 Å². The van der Waals surface area contributed by atoms with Gasteiger partial charge < -0.3 is 10.6 Å². The number of nitrogens with one attached hydrogen (secondary N) is 3. The van der Waals surface area contributed by atoms with E-state index < -0.39 is 0 Å². The summed E-state index contributed by atoms with van der Waals surface area (Å²) in [6, 6.07) is 18.5. The molecule has 0 aliphatic carbocycles. The Bertz CT molecular complexity index is 775. The van der Waals surface area contributed by atoms with E-state index in [0.717, 1.165) is 43.5 Å². The first-order valence-electron chi connectivity index (χ1n) is 10.9. The van der Waals surface area contributed by atoms with Gasteiger partial charge in [-0.25, -0.2) is 5.48 Å². The van der Waals surface area contributed by atoms with E-state index in [-0.39, 0.29) is 30.8 Å². The summed E-state index contributed by atoms with van der Waals surface area (Å²) >= 11 is 0. The lowest BCUT2D eigenvalue weighted by Gasteiger charge is -2.21. The summed E-state index contributed by atoms with van der Waals surface area (Å²) in [5.41, 5.74) is 3.07. The van der Waals surface area contributed by atoms with Crippen molar-refractivity contribution in [1.29, 1.82) is 0 Å². The van der Waals surface area contributed by atoms with Crippen molar-refractivity contribution in [3.8, 4) is 0 Å². The van der Waals surface area contributed by atoms with Gasteiger partial charge in [-0.2, -0.15) is 0 Å². The summed E-state index contributed by atoms with van der Waals surface area (Å²) in [5.74, 6) is -0.706. The molecule has 0 heterocycles. The molecule has 3 amide bonds. The van der Waals surface area contributed by atoms with Crippen LogP contribution in [0.1, 0.15) is 38.5 Å². The predicted molar refractivity (Wildman–Crippen MR) is 124 cm³/mol. The molecule has 0 radical (unpaired) electrons. The molecule has 0 saturated heterocycles. The molecule has 32 heavy (non-hydrogen) atoms. The average Bonchev–Trinajstić information content (AvgIpc) is 2.79. The van der Waals surface area contributed by atoms with Crippen LogP contribution in [0.5, 0.6) is 0 Å². The SMILES string of the molecule is O=C(CCCCCCCN(CC(=O)Nc1ccccc1)CC(=O)Nc1ccccc1)NO. The van der Waals surface area contributed by atoms with Crippen LogP contribution in [0.2, 0.25) is 0 Å². The molecule has 0 unspecified atom stereocenters. The van der Waals surface area contributed by atoms with E-state index >= 15 is 0 Å². The fourth-order valence-electron chi connectivity index (χ4n) is 3.27. The molecule has 2 aromatic rings. The van der Waals surface area contributed by atoms with Crippen molar-refractivity contribution in [3.05, 3.63) is 60.7 Å². The molecule has 172 valence electrons. The number of amides is 3. The van der Waals surface area contributed by atoms with Crippen molar-refractivity contribution in [1.82, 2.24) is 10.4 Å². The Morgan fingerprint density at radius 2 is 1.12 bits per heavy atom. The highest BCUT2D eigenvalue weighted by Crippen LogP contribution is 2.09. The molecule has 8 nitrogen and oxygen atoms in total. The molecule has 0 spiro atoms. The van der Waals surface area contributed by atoms with E-state index in [9.17, 15) is 14.4 Å². The molecule has 0 aliphatic heterocycles. The largest absolute Gasteiger partial charge is 0.325 e. The molecule has 0 aromatic heterocycles. The zero-order valence-corrected chi connectivity index (χ0v) is 18.3. The van der Waals surface area contributed by atoms with Crippen molar-refractivity contribution in [2.75, 3.05) is 30.3 Å². The van der Waals surface area contributed by atoms with Crippen LogP contribution in [0.3, 0.4) is 0 Å². The number of para-hydroxylation sites is 2. The zero-order valence-electron chi connectivity index (χ0n) is 18.3. The summed E-state index contributed by atoms with van der Waals surface area (Å²) in [7, 11) is 0. The first kappa shape index (κ1) is 25.0. The third-order valence-corrected chi connectivity index (χ3v) is 4.85. The van der Waals surface area contributed by atoms with Crippen molar-refractivity contribution in [2.24, 2.45) is 0 Å². The number of benzene rings is 2. The fraction of sp³-hybridized carbons (Fsp3) is 0.375. The van der Waals surface area contributed by atoms with E-state index in [4.69, 9.17) is 5.21 Å². The van der Waals surface area contributed by atoms with Gasteiger partial charge in [0, 0.05) is 17.8 Å². The van der Waals surface area contributed by atoms with Gasteiger partial charge in [-0.1, -0.05) is 55.7 Å². The fourth-order valence-corrected chi connectivity index (χ4v) is 3.27. The second kappa shape index (κ2) is 14.7. The summed E-state index contributed by atoms with van der Waals surface area (Å²) < 4.78 is 0. The molecule has 4 N–H and O–H groups in total. The Morgan fingerprint density at radius 3 is 1.62 bits per heavy atom. The van der Waals surface area contributed by atoms with Gasteiger partial charge in [0.1, 0.15) is 0 Å². The van der Waals surface area contributed by atoms with Gasteiger partial charge in [-0.3, -0.25) is 24.5 Å². The minimum absolute atomic E-state index is 0.119. The number of nitrogens with zero attached hydrogens (tertiary/aromatic N) is 1. The number of hydrogen-bond donors (Lipinski definition) is 4. The normalized spacial score (nSPS) is 10.6. The van der Waals surface area contributed by atoms with Gasteiger partial charge in [0.2, 0.25) is 17.7 Å².